The van der Waals surface area contributed by atoms with Crippen molar-refractivity contribution in [3.63, 3.8) is 0 Å². The van der Waals surface area contributed by atoms with Crippen molar-refractivity contribution in [3.05, 3.63) is 58.6 Å². The molecule has 1 aliphatic heterocycles. The lowest BCUT2D eigenvalue weighted by molar-refractivity contribution is 0.0730. The molecule has 1 fully saturated rings. The molecule has 0 spiro atoms. The number of benzene rings is 2. The molecule has 0 radical (unpaired) electrons. The van der Waals surface area contributed by atoms with Crippen molar-refractivity contribution in [3.8, 4) is 5.75 Å². The Morgan fingerprint density at radius 2 is 1.87 bits per heavy atom. The van der Waals surface area contributed by atoms with E-state index in [0.717, 1.165) is 11.3 Å². The van der Waals surface area contributed by atoms with Gasteiger partial charge in [-0.3, -0.25) is 4.79 Å². The van der Waals surface area contributed by atoms with Crippen LogP contribution in [0.2, 0.25) is 5.02 Å². The van der Waals surface area contributed by atoms with E-state index in [1.54, 1.807) is 7.11 Å². The minimum absolute atomic E-state index is 0.0384. The Bertz CT molecular complexity index is 989. The monoisotopic (exact) mass is 452 g/mol. The normalized spacial score (nSPS) is 16.1. The number of methoxy groups -OCH3 is 1. The van der Waals surface area contributed by atoms with E-state index in [-0.39, 0.29) is 34.6 Å². The number of ether oxygens (including phenoxy) is 2. The van der Waals surface area contributed by atoms with E-state index in [1.165, 1.54) is 22.5 Å². The van der Waals surface area contributed by atoms with Gasteiger partial charge in [-0.05, 0) is 42.3 Å². The summed E-state index contributed by atoms with van der Waals surface area (Å²) in [5.74, 6) is 0.297. The average Bonchev–Trinajstić information content (AvgIpc) is 2.78. The minimum atomic E-state index is -3.73. The van der Waals surface area contributed by atoms with E-state index in [2.05, 4.69) is 5.32 Å². The minimum Gasteiger partial charge on any atom is -0.497 e. The van der Waals surface area contributed by atoms with Crippen LogP contribution < -0.4 is 10.1 Å². The van der Waals surface area contributed by atoms with Gasteiger partial charge < -0.3 is 14.8 Å². The zero-order valence-electron chi connectivity index (χ0n) is 16.9. The van der Waals surface area contributed by atoms with E-state index in [0.29, 0.717) is 19.6 Å². The number of carbonyl (C=O) groups excluding carboxylic acids is 1. The van der Waals surface area contributed by atoms with Crippen LogP contribution in [0.3, 0.4) is 0 Å². The van der Waals surface area contributed by atoms with Gasteiger partial charge in [0.1, 0.15) is 5.75 Å². The van der Waals surface area contributed by atoms with Crippen molar-refractivity contribution >= 4 is 27.5 Å². The van der Waals surface area contributed by atoms with Gasteiger partial charge in [-0.25, -0.2) is 8.42 Å². The third-order valence-electron chi connectivity index (χ3n) is 5.02. The Morgan fingerprint density at radius 3 is 2.47 bits per heavy atom. The topological polar surface area (TPSA) is 84.9 Å². The molecule has 0 saturated carbocycles. The van der Waals surface area contributed by atoms with E-state index >= 15 is 0 Å². The highest BCUT2D eigenvalue weighted by molar-refractivity contribution is 7.89. The number of sulfonamides is 1. The van der Waals surface area contributed by atoms with Gasteiger partial charge in [0.2, 0.25) is 10.0 Å². The van der Waals surface area contributed by atoms with Crippen LogP contribution in [-0.4, -0.2) is 52.0 Å². The molecule has 9 heteroatoms. The molecule has 0 unspecified atom stereocenters. The zero-order valence-corrected chi connectivity index (χ0v) is 18.5. The molecule has 1 N–H and O–H groups in total. The maximum Gasteiger partial charge on any atom is 0.253 e. The summed E-state index contributed by atoms with van der Waals surface area (Å²) >= 11 is 6.23. The molecule has 30 heavy (non-hydrogen) atoms. The number of morpholine rings is 1. The number of nitrogens with zero attached hydrogens (tertiary/aromatic N) is 1. The summed E-state index contributed by atoms with van der Waals surface area (Å²) < 4.78 is 37.6. The van der Waals surface area contributed by atoms with Gasteiger partial charge in [0.15, 0.2) is 0 Å². The van der Waals surface area contributed by atoms with Gasteiger partial charge in [0.25, 0.3) is 5.91 Å². The molecule has 0 bridgehead atoms. The van der Waals surface area contributed by atoms with Gasteiger partial charge in [-0.2, -0.15) is 4.31 Å². The first-order valence-corrected chi connectivity index (χ1v) is 11.5. The largest absolute Gasteiger partial charge is 0.497 e. The first-order chi connectivity index (χ1) is 14.4. The van der Waals surface area contributed by atoms with Crippen molar-refractivity contribution < 1.29 is 22.7 Å². The Morgan fingerprint density at radius 1 is 1.20 bits per heavy atom. The quantitative estimate of drug-likeness (QED) is 0.697. The molecular formula is C21H25ClN2O5S. The number of hydrogen-bond donors (Lipinski definition) is 1. The molecule has 162 valence electrons. The third-order valence-corrected chi connectivity index (χ3v) is 7.25. The number of hydrogen-bond acceptors (Lipinski definition) is 5. The molecule has 0 aliphatic carbocycles. The van der Waals surface area contributed by atoms with E-state index < -0.39 is 15.9 Å². The second-order valence-corrected chi connectivity index (χ2v) is 9.21. The van der Waals surface area contributed by atoms with Gasteiger partial charge in [0.05, 0.1) is 41.8 Å². The molecule has 2 aromatic rings. The van der Waals surface area contributed by atoms with Crippen molar-refractivity contribution in [2.45, 2.75) is 24.3 Å². The van der Waals surface area contributed by atoms with Crippen LogP contribution in [0.4, 0.5) is 0 Å². The molecular weight excluding hydrogens is 428 g/mol. The average molecular weight is 453 g/mol. The fourth-order valence-corrected chi connectivity index (χ4v) is 4.91. The maximum absolute atomic E-state index is 12.9. The van der Waals surface area contributed by atoms with Crippen molar-refractivity contribution in [1.82, 2.24) is 9.62 Å². The van der Waals surface area contributed by atoms with Crippen LogP contribution in [0.15, 0.2) is 47.4 Å². The number of rotatable bonds is 7. The highest BCUT2D eigenvalue weighted by atomic mass is 35.5. The lowest BCUT2D eigenvalue weighted by Gasteiger charge is -2.26. The van der Waals surface area contributed by atoms with Gasteiger partial charge in [-0.1, -0.05) is 30.7 Å². The first kappa shape index (κ1) is 22.6. The predicted molar refractivity (Wildman–Crippen MR) is 115 cm³/mol. The zero-order chi connectivity index (χ0) is 21.7. The highest BCUT2D eigenvalue weighted by Crippen LogP contribution is 2.26. The second-order valence-electron chi connectivity index (χ2n) is 6.87. The SMILES string of the molecule is CC[C@@H](NC(=O)c1cc(S(=O)(=O)N2CCOCC2)ccc1Cl)c1ccc(OC)cc1. The molecule has 1 aliphatic rings. The molecule has 2 aromatic carbocycles. The molecule has 7 nitrogen and oxygen atoms in total. The van der Waals surface area contributed by atoms with Crippen molar-refractivity contribution in [2.75, 3.05) is 33.4 Å². The number of carbonyl (C=O) groups is 1. The molecule has 3 rings (SSSR count). The third kappa shape index (κ3) is 4.95. The summed E-state index contributed by atoms with van der Waals surface area (Å²) in [5, 5.41) is 3.14. The van der Waals surface area contributed by atoms with Crippen LogP contribution in [0.5, 0.6) is 5.75 Å². The Kier molecular flexibility index (Phi) is 7.36. The van der Waals surface area contributed by atoms with E-state index in [1.807, 2.05) is 31.2 Å². The first-order valence-electron chi connectivity index (χ1n) is 9.69. The Hall–Kier alpha value is -2.13. The fraction of sp³-hybridized carbons (Fsp3) is 0.381. The summed E-state index contributed by atoms with van der Waals surface area (Å²) in [7, 11) is -2.14. The standard InChI is InChI=1S/C21H25ClN2O5S/c1-3-20(15-4-6-16(28-2)7-5-15)23-21(25)18-14-17(8-9-19(18)22)30(26,27)24-10-12-29-13-11-24/h4-9,14,20H,3,10-13H2,1-2H3,(H,23,25)/t20-/m1/s1. The van der Waals surface area contributed by atoms with Gasteiger partial charge in [-0.15, -0.1) is 0 Å². The van der Waals surface area contributed by atoms with E-state index in [9.17, 15) is 13.2 Å². The maximum atomic E-state index is 12.9. The Balaban J connectivity index is 1.83. The molecule has 1 amide bonds. The number of amides is 1. The molecule has 1 saturated heterocycles. The number of nitrogens with one attached hydrogen (secondary N) is 1. The summed E-state index contributed by atoms with van der Waals surface area (Å²) in [6.45, 7) is 3.21. The molecule has 1 atom stereocenters. The smallest absolute Gasteiger partial charge is 0.253 e. The lowest BCUT2D eigenvalue weighted by atomic mass is 10.0. The van der Waals surface area contributed by atoms with Crippen LogP contribution >= 0.6 is 11.6 Å². The predicted octanol–water partition coefficient (Wildman–Crippen LogP) is 3.25. The summed E-state index contributed by atoms with van der Waals surface area (Å²) in [6.07, 6.45) is 0.654. The molecule has 1 heterocycles. The van der Waals surface area contributed by atoms with Crippen LogP contribution in [0.1, 0.15) is 35.3 Å². The van der Waals surface area contributed by atoms with Crippen LogP contribution in [0, 0.1) is 0 Å². The van der Waals surface area contributed by atoms with E-state index in [4.69, 9.17) is 21.1 Å². The van der Waals surface area contributed by atoms with Crippen molar-refractivity contribution in [2.24, 2.45) is 0 Å². The number of halogens is 1. The van der Waals surface area contributed by atoms with Crippen LogP contribution in [-0.2, 0) is 14.8 Å². The fourth-order valence-electron chi connectivity index (χ4n) is 3.27. The van der Waals surface area contributed by atoms with Gasteiger partial charge in [0, 0.05) is 13.1 Å². The summed E-state index contributed by atoms with van der Waals surface area (Å²) in [6, 6.07) is 11.4. The summed E-state index contributed by atoms with van der Waals surface area (Å²) in [4.78, 5) is 13.0. The molecule has 0 aromatic heterocycles. The van der Waals surface area contributed by atoms with Gasteiger partial charge >= 0.3 is 0 Å². The Labute approximate surface area is 182 Å². The van der Waals surface area contributed by atoms with Crippen LogP contribution in [0.25, 0.3) is 0 Å². The lowest BCUT2D eigenvalue weighted by Crippen LogP contribution is -2.40. The second kappa shape index (κ2) is 9.78. The summed E-state index contributed by atoms with van der Waals surface area (Å²) in [5.41, 5.74) is 1.04. The van der Waals surface area contributed by atoms with Crippen molar-refractivity contribution in [1.29, 1.82) is 0 Å². The highest BCUT2D eigenvalue weighted by Gasteiger charge is 2.28.